The second kappa shape index (κ2) is 8.33. The average molecular weight is 399 g/mol. The Labute approximate surface area is 157 Å². The second-order valence-corrected chi connectivity index (χ2v) is 8.60. The Balaban J connectivity index is 1.49. The molecule has 0 amide bonds. The SMILES string of the molecule is O=S(=O)(Cc1cccc(F)c1)NC1CCC(Oc2ccc(Cl)cn2)CC1. The smallest absolute Gasteiger partial charge is 0.216 e. The van der Waals surface area contributed by atoms with Crippen LogP contribution in [0.15, 0.2) is 42.6 Å². The van der Waals surface area contributed by atoms with Gasteiger partial charge < -0.3 is 4.74 Å². The Morgan fingerprint density at radius 2 is 1.96 bits per heavy atom. The number of aromatic nitrogens is 1. The fourth-order valence-corrected chi connectivity index (χ4v) is 4.60. The molecule has 0 spiro atoms. The average Bonchev–Trinajstić information content (AvgIpc) is 2.58. The second-order valence-electron chi connectivity index (χ2n) is 6.41. The van der Waals surface area contributed by atoms with E-state index in [2.05, 4.69) is 9.71 Å². The zero-order valence-corrected chi connectivity index (χ0v) is 15.6. The number of nitrogens with zero attached hydrogens (tertiary/aromatic N) is 1. The van der Waals surface area contributed by atoms with E-state index in [-0.39, 0.29) is 17.9 Å². The molecule has 1 aliphatic carbocycles. The lowest BCUT2D eigenvalue weighted by Crippen LogP contribution is -2.40. The summed E-state index contributed by atoms with van der Waals surface area (Å²) in [5, 5.41) is 0.550. The third-order valence-corrected chi connectivity index (χ3v) is 5.88. The van der Waals surface area contributed by atoms with Crippen LogP contribution in [0, 0.1) is 5.82 Å². The molecular formula is C18H20ClFN2O3S. The molecule has 0 bridgehead atoms. The Bertz CT molecular complexity index is 838. The van der Waals surface area contributed by atoms with Gasteiger partial charge in [-0.2, -0.15) is 0 Å². The van der Waals surface area contributed by atoms with Crippen molar-refractivity contribution >= 4 is 21.6 Å². The molecule has 140 valence electrons. The highest BCUT2D eigenvalue weighted by atomic mass is 35.5. The monoisotopic (exact) mass is 398 g/mol. The van der Waals surface area contributed by atoms with Crippen LogP contribution in [0.25, 0.3) is 0 Å². The van der Waals surface area contributed by atoms with Gasteiger partial charge in [0.25, 0.3) is 0 Å². The van der Waals surface area contributed by atoms with E-state index < -0.39 is 15.8 Å². The van der Waals surface area contributed by atoms with Gasteiger partial charge in [-0.1, -0.05) is 23.7 Å². The maximum Gasteiger partial charge on any atom is 0.216 e. The van der Waals surface area contributed by atoms with Crippen molar-refractivity contribution in [2.75, 3.05) is 0 Å². The van der Waals surface area contributed by atoms with Crippen LogP contribution in [0.4, 0.5) is 4.39 Å². The van der Waals surface area contributed by atoms with Crippen LogP contribution in [0.5, 0.6) is 5.88 Å². The first-order valence-electron chi connectivity index (χ1n) is 8.42. The topological polar surface area (TPSA) is 68.3 Å². The number of hydrogen-bond acceptors (Lipinski definition) is 4. The molecule has 1 aromatic heterocycles. The van der Waals surface area contributed by atoms with Crippen LogP contribution in [0.2, 0.25) is 5.02 Å². The molecule has 1 saturated carbocycles. The summed E-state index contributed by atoms with van der Waals surface area (Å²) < 4.78 is 46.3. The number of hydrogen-bond donors (Lipinski definition) is 1. The molecule has 1 heterocycles. The van der Waals surface area contributed by atoms with Gasteiger partial charge in [0.1, 0.15) is 11.9 Å². The molecule has 1 fully saturated rings. The highest BCUT2D eigenvalue weighted by Crippen LogP contribution is 2.24. The lowest BCUT2D eigenvalue weighted by Gasteiger charge is -2.29. The molecule has 8 heteroatoms. The number of rotatable bonds is 6. The molecule has 0 atom stereocenters. The molecule has 2 aromatic rings. The van der Waals surface area contributed by atoms with E-state index in [0.29, 0.717) is 29.3 Å². The minimum absolute atomic E-state index is 0.00708. The van der Waals surface area contributed by atoms with E-state index in [1.165, 1.54) is 24.4 Å². The van der Waals surface area contributed by atoms with Gasteiger partial charge in [0.15, 0.2) is 0 Å². The molecule has 1 aliphatic rings. The van der Waals surface area contributed by atoms with Crippen molar-refractivity contribution < 1.29 is 17.5 Å². The predicted octanol–water partition coefficient (Wildman–Crippen LogP) is 3.68. The molecule has 3 rings (SSSR count). The zero-order valence-electron chi connectivity index (χ0n) is 14.1. The summed E-state index contributed by atoms with van der Waals surface area (Å²) in [6.45, 7) is 0. The van der Waals surface area contributed by atoms with Crippen molar-refractivity contribution in [1.29, 1.82) is 0 Å². The lowest BCUT2D eigenvalue weighted by atomic mass is 9.94. The predicted molar refractivity (Wildman–Crippen MR) is 98.1 cm³/mol. The standard InChI is InChI=1S/C18H20ClFN2O3S/c19-14-4-9-18(21-11-14)25-17-7-5-16(6-8-17)22-26(23,24)12-13-2-1-3-15(20)10-13/h1-4,9-11,16-17,22H,5-8,12H2. The minimum Gasteiger partial charge on any atom is -0.474 e. The van der Waals surface area contributed by atoms with Crippen LogP contribution >= 0.6 is 11.6 Å². The number of benzene rings is 1. The maximum atomic E-state index is 13.2. The van der Waals surface area contributed by atoms with E-state index in [1.54, 1.807) is 18.2 Å². The number of halogens is 2. The van der Waals surface area contributed by atoms with E-state index in [0.717, 1.165) is 12.8 Å². The van der Waals surface area contributed by atoms with Gasteiger partial charge in [-0.05, 0) is 49.4 Å². The van der Waals surface area contributed by atoms with Gasteiger partial charge in [0.2, 0.25) is 15.9 Å². The van der Waals surface area contributed by atoms with E-state index in [9.17, 15) is 12.8 Å². The Hall–Kier alpha value is -1.70. The molecule has 0 aliphatic heterocycles. The van der Waals surface area contributed by atoms with Gasteiger partial charge in [0, 0.05) is 18.3 Å². The Morgan fingerprint density at radius 3 is 2.62 bits per heavy atom. The number of sulfonamides is 1. The fraction of sp³-hybridized carbons (Fsp3) is 0.389. The molecule has 5 nitrogen and oxygen atoms in total. The summed E-state index contributed by atoms with van der Waals surface area (Å²) >= 11 is 5.80. The summed E-state index contributed by atoms with van der Waals surface area (Å²) in [6, 6.07) is 8.95. The molecule has 0 unspecified atom stereocenters. The number of ether oxygens (including phenoxy) is 1. The molecule has 0 saturated heterocycles. The first-order chi connectivity index (χ1) is 12.4. The quantitative estimate of drug-likeness (QED) is 0.805. The van der Waals surface area contributed by atoms with E-state index in [4.69, 9.17) is 16.3 Å². The van der Waals surface area contributed by atoms with Crippen LogP contribution in [0.1, 0.15) is 31.2 Å². The normalized spacial score (nSPS) is 20.7. The maximum absolute atomic E-state index is 13.2. The fourth-order valence-electron chi connectivity index (χ4n) is 3.04. The van der Waals surface area contributed by atoms with E-state index >= 15 is 0 Å². The van der Waals surface area contributed by atoms with Crippen molar-refractivity contribution in [2.45, 2.75) is 43.6 Å². The highest BCUT2D eigenvalue weighted by Gasteiger charge is 2.26. The van der Waals surface area contributed by atoms with Crippen LogP contribution in [0.3, 0.4) is 0 Å². The lowest BCUT2D eigenvalue weighted by molar-refractivity contribution is 0.138. The first kappa shape index (κ1) is 19.1. The molecule has 1 N–H and O–H groups in total. The third-order valence-electron chi connectivity index (χ3n) is 4.25. The van der Waals surface area contributed by atoms with Crippen molar-refractivity contribution in [3.63, 3.8) is 0 Å². The zero-order chi connectivity index (χ0) is 18.6. The third kappa shape index (κ3) is 5.65. The van der Waals surface area contributed by atoms with Crippen molar-refractivity contribution in [3.05, 3.63) is 59.0 Å². The van der Waals surface area contributed by atoms with Crippen molar-refractivity contribution in [3.8, 4) is 5.88 Å². The Morgan fingerprint density at radius 1 is 1.19 bits per heavy atom. The summed E-state index contributed by atoms with van der Waals surface area (Å²) in [6.07, 6.45) is 4.37. The van der Waals surface area contributed by atoms with Crippen molar-refractivity contribution in [1.82, 2.24) is 9.71 Å². The summed E-state index contributed by atoms with van der Waals surface area (Å²) in [5.74, 6) is -0.147. The van der Waals surface area contributed by atoms with Gasteiger partial charge in [0.05, 0.1) is 10.8 Å². The van der Waals surface area contributed by atoms with Gasteiger partial charge in [-0.15, -0.1) is 0 Å². The minimum atomic E-state index is -3.52. The van der Waals surface area contributed by atoms with E-state index in [1.807, 2.05) is 0 Å². The van der Waals surface area contributed by atoms with Crippen LogP contribution < -0.4 is 9.46 Å². The number of nitrogens with one attached hydrogen (secondary N) is 1. The van der Waals surface area contributed by atoms with Gasteiger partial charge >= 0.3 is 0 Å². The van der Waals surface area contributed by atoms with Crippen LogP contribution in [-0.4, -0.2) is 25.5 Å². The van der Waals surface area contributed by atoms with Gasteiger partial charge in [-0.25, -0.2) is 22.5 Å². The summed E-state index contributed by atoms with van der Waals surface area (Å²) in [5.41, 5.74) is 0.434. The highest BCUT2D eigenvalue weighted by molar-refractivity contribution is 7.88. The molecule has 1 aromatic carbocycles. The van der Waals surface area contributed by atoms with Crippen LogP contribution in [-0.2, 0) is 15.8 Å². The molecular weight excluding hydrogens is 379 g/mol. The summed E-state index contributed by atoms with van der Waals surface area (Å²) in [4.78, 5) is 4.11. The largest absolute Gasteiger partial charge is 0.474 e. The number of pyridine rings is 1. The summed E-state index contributed by atoms with van der Waals surface area (Å²) in [7, 11) is -3.52. The molecule has 26 heavy (non-hydrogen) atoms. The van der Waals surface area contributed by atoms with Gasteiger partial charge in [-0.3, -0.25) is 0 Å². The Kier molecular flexibility index (Phi) is 6.11. The molecule has 0 radical (unpaired) electrons. The van der Waals surface area contributed by atoms with Crippen molar-refractivity contribution in [2.24, 2.45) is 0 Å². The first-order valence-corrected chi connectivity index (χ1v) is 10.5.